The van der Waals surface area contributed by atoms with Crippen molar-refractivity contribution in [2.24, 2.45) is 5.92 Å². The fourth-order valence-corrected chi connectivity index (χ4v) is 4.37. The topological polar surface area (TPSA) is 56.7 Å². The van der Waals surface area contributed by atoms with E-state index in [0.29, 0.717) is 23.1 Å². The largest absolute Gasteiger partial charge is 0.361 e. The van der Waals surface area contributed by atoms with E-state index in [-0.39, 0.29) is 5.82 Å². The summed E-state index contributed by atoms with van der Waals surface area (Å²) in [7, 11) is 0. The molecule has 0 spiro atoms. The van der Waals surface area contributed by atoms with Crippen molar-refractivity contribution in [1.82, 2.24) is 19.9 Å². The standard InChI is InChI=1S/C20H23FN4OS/c1-13(2)11-25-19(14-7-3-5-9-16(14)21)22-23-20(25)27-12-17-15-8-4-6-10-18(15)26-24-17/h3,5,7,9,13H,4,6,8,10-12H2,1-2H3. The Morgan fingerprint density at radius 2 is 2.00 bits per heavy atom. The molecule has 1 aliphatic carbocycles. The third-order valence-electron chi connectivity index (χ3n) is 4.75. The molecule has 1 aromatic carbocycles. The summed E-state index contributed by atoms with van der Waals surface area (Å²) in [4.78, 5) is 0. The highest BCUT2D eigenvalue weighted by Gasteiger charge is 2.22. The van der Waals surface area contributed by atoms with Crippen LogP contribution in [0.4, 0.5) is 4.39 Å². The van der Waals surface area contributed by atoms with Gasteiger partial charge in [0.2, 0.25) is 0 Å². The predicted octanol–water partition coefficient (Wildman–Crippen LogP) is 4.90. The smallest absolute Gasteiger partial charge is 0.191 e. The predicted molar refractivity (Wildman–Crippen MR) is 103 cm³/mol. The number of benzene rings is 1. The Labute approximate surface area is 162 Å². The van der Waals surface area contributed by atoms with Crippen LogP contribution in [0.15, 0.2) is 33.9 Å². The van der Waals surface area contributed by atoms with E-state index < -0.39 is 0 Å². The summed E-state index contributed by atoms with van der Waals surface area (Å²) in [6.45, 7) is 5.00. The molecule has 7 heteroatoms. The monoisotopic (exact) mass is 386 g/mol. The van der Waals surface area contributed by atoms with Crippen LogP contribution in [0.25, 0.3) is 11.4 Å². The summed E-state index contributed by atoms with van der Waals surface area (Å²) >= 11 is 1.59. The van der Waals surface area contributed by atoms with Crippen molar-refractivity contribution in [2.75, 3.05) is 0 Å². The molecule has 2 aromatic heterocycles. The third-order valence-corrected chi connectivity index (χ3v) is 5.73. The van der Waals surface area contributed by atoms with Gasteiger partial charge in [0.1, 0.15) is 11.6 Å². The molecule has 2 heterocycles. The van der Waals surface area contributed by atoms with Crippen molar-refractivity contribution in [3.8, 4) is 11.4 Å². The highest BCUT2D eigenvalue weighted by atomic mass is 32.2. The molecule has 0 amide bonds. The number of hydrogen-bond acceptors (Lipinski definition) is 5. The number of fused-ring (bicyclic) bond motifs is 1. The highest BCUT2D eigenvalue weighted by Crippen LogP contribution is 2.31. The van der Waals surface area contributed by atoms with Crippen molar-refractivity contribution >= 4 is 11.8 Å². The first-order valence-electron chi connectivity index (χ1n) is 9.40. The molecule has 0 aliphatic heterocycles. The van der Waals surface area contributed by atoms with E-state index in [1.54, 1.807) is 23.9 Å². The number of aromatic nitrogens is 4. The van der Waals surface area contributed by atoms with Crippen molar-refractivity contribution in [3.05, 3.63) is 47.1 Å². The molecule has 0 N–H and O–H groups in total. The molecular weight excluding hydrogens is 363 g/mol. The maximum absolute atomic E-state index is 14.3. The van der Waals surface area contributed by atoms with Gasteiger partial charge in [0.15, 0.2) is 11.0 Å². The summed E-state index contributed by atoms with van der Waals surface area (Å²) in [6.07, 6.45) is 4.37. The molecule has 1 aliphatic rings. The summed E-state index contributed by atoms with van der Waals surface area (Å²) in [6, 6.07) is 6.71. The van der Waals surface area contributed by atoms with Gasteiger partial charge in [0.25, 0.3) is 0 Å². The van der Waals surface area contributed by atoms with E-state index >= 15 is 0 Å². The Kier molecular flexibility index (Phi) is 5.29. The van der Waals surface area contributed by atoms with Crippen LogP contribution in [-0.4, -0.2) is 19.9 Å². The molecule has 5 nitrogen and oxygen atoms in total. The van der Waals surface area contributed by atoms with Gasteiger partial charge in [-0.3, -0.25) is 0 Å². The van der Waals surface area contributed by atoms with Gasteiger partial charge in [-0.1, -0.05) is 42.9 Å². The molecule has 0 fully saturated rings. The lowest BCUT2D eigenvalue weighted by Crippen LogP contribution is -2.08. The minimum absolute atomic E-state index is 0.281. The SMILES string of the molecule is CC(C)Cn1c(SCc2noc3c2CCCC3)nnc1-c1ccccc1F. The lowest BCUT2D eigenvalue weighted by atomic mass is 9.97. The minimum Gasteiger partial charge on any atom is -0.361 e. The van der Waals surface area contributed by atoms with Crippen molar-refractivity contribution in [3.63, 3.8) is 0 Å². The molecule has 0 bridgehead atoms. The van der Waals surface area contributed by atoms with E-state index in [1.165, 1.54) is 24.5 Å². The van der Waals surface area contributed by atoms with Crippen LogP contribution in [0.1, 0.15) is 43.7 Å². The van der Waals surface area contributed by atoms with Crippen LogP contribution in [0.5, 0.6) is 0 Å². The summed E-state index contributed by atoms with van der Waals surface area (Å²) < 4.78 is 21.8. The van der Waals surface area contributed by atoms with Crippen LogP contribution in [0.3, 0.4) is 0 Å². The van der Waals surface area contributed by atoms with Gasteiger partial charge in [-0.2, -0.15) is 0 Å². The molecule has 27 heavy (non-hydrogen) atoms. The third kappa shape index (κ3) is 3.78. The minimum atomic E-state index is -0.281. The summed E-state index contributed by atoms with van der Waals surface area (Å²) in [5.74, 6) is 2.41. The molecule has 0 saturated heterocycles. The van der Waals surface area contributed by atoms with E-state index in [0.717, 1.165) is 36.0 Å². The number of thioether (sulfide) groups is 1. The molecule has 0 saturated carbocycles. The van der Waals surface area contributed by atoms with Crippen molar-refractivity contribution < 1.29 is 8.91 Å². The van der Waals surface area contributed by atoms with Crippen LogP contribution in [0, 0.1) is 11.7 Å². The van der Waals surface area contributed by atoms with Gasteiger partial charge in [0.05, 0.1) is 11.3 Å². The van der Waals surface area contributed by atoms with Gasteiger partial charge in [0, 0.05) is 24.3 Å². The van der Waals surface area contributed by atoms with E-state index in [9.17, 15) is 4.39 Å². The Bertz CT molecular complexity index is 934. The zero-order chi connectivity index (χ0) is 18.8. The fraction of sp³-hybridized carbons (Fsp3) is 0.450. The molecular formula is C20H23FN4OS. The number of hydrogen-bond donors (Lipinski definition) is 0. The van der Waals surface area contributed by atoms with Crippen molar-refractivity contribution in [2.45, 2.75) is 57.0 Å². The zero-order valence-corrected chi connectivity index (χ0v) is 16.4. The first-order valence-corrected chi connectivity index (χ1v) is 10.4. The average molecular weight is 386 g/mol. The van der Waals surface area contributed by atoms with Gasteiger partial charge in [-0.05, 0) is 37.3 Å². The molecule has 0 unspecified atom stereocenters. The number of nitrogens with zero attached hydrogens (tertiary/aromatic N) is 4. The van der Waals surface area contributed by atoms with Crippen LogP contribution in [0.2, 0.25) is 0 Å². The average Bonchev–Trinajstić information content (AvgIpc) is 3.24. The van der Waals surface area contributed by atoms with Gasteiger partial charge in [-0.15, -0.1) is 10.2 Å². The van der Waals surface area contributed by atoms with E-state index in [2.05, 4.69) is 29.2 Å². The number of aryl methyl sites for hydroxylation is 1. The Balaban J connectivity index is 1.61. The molecule has 142 valence electrons. The summed E-state index contributed by atoms with van der Waals surface area (Å²) in [5.41, 5.74) is 2.75. The van der Waals surface area contributed by atoms with Gasteiger partial charge in [-0.25, -0.2) is 4.39 Å². The van der Waals surface area contributed by atoms with E-state index in [4.69, 9.17) is 4.52 Å². The second-order valence-electron chi connectivity index (χ2n) is 7.32. The van der Waals surface area contributed by atoms with Gasteiger partial charge >= 0.3 is 0 Å². The lowest BCUT2D eigenvalue weighted by Gasteiger charge is -2.13. The number of rotatable bonds is 6. The molecule has 0 radical (unpaired) electrons. The first kappa shape index (κ1) is 18.2. The second kappa shape index (κ2) is 7.84. The summed E-state index contributed by atoms with van der Waals surface area (Å²) in [5, 5.41) is 13.7. The van der Waals surface area contributed by atoms with Crippen LogP contribution < -0.4 is 0 Å². The molecule has 0 atom stereocenters. The lowest BCUT2D eigenvalue weighted by molar-refractivity contribution is 0.369. The Morgan fingerprint density at radius 1 is 1.19 bits per heavy atom. The Morgan fingerprint density at radius 3 is 2.81 bits per heavy atom. The quantitative estimate of drug-likeness (QED) is 0.564. The normalized spacial score (nSPS) is 13.9. The maximum atomic E-state index is 14.3. The molecule has 3 aromatic rings. The van der Waals surface area contributed by atoms with Crippen molar-refractivity contribution in [1.29, 1.82) is 0 Å². The second-order valence-corrected chi connectivity index (χ2v) is 8.26. The van der Waals surface area contributed by atoms with Crippen LogP contribution >= 0.6 is 11.8 Å². The highest BCUT2D eigenvalue weighted by molar-refractivity contribution is 7.98. The number of halogens is 1. The van der Waals surface area contributed by atoms with Gasteiger partial charge < -0.3 is 9.09 Å². The Hall–Kier alpha value is -2.15. The molecule has 4 rings (SSSR count). The fourth-order valence-electron chi connectivity index (χ4n) is 3.46. The first-order chi connectivity index (χ1) is 13.1. The maximum Gasteiger partial charge on any atom is 0.191 e. The van der Waals surface area contributed by atoms with E-state index in [1.807, 2.05) is 10.6 Å². The van der Waals surface area contributed by atoms with Crippen LogP contribution in [-0.2, 0) is 25.1 Å². The zero-order valence-electron chi connectivity index (χ0n) is 15.6.